The van der Waals surface area contributed by atoms with Crippen LogP contribution in [0.5, 0.6) is 0 Å². The highest BCUT2D eigenvalue weighted by atomic mass is 35.5. The molecule has 7 nitrogen and oxygen atoms in total. The van der Waals surface area contributed by atoms with Crippen LogP contribution in [-0.4, -0.2) is 26.1 Å². The van der Waals surface area contributed by atoms with Crippen molar-refractivity contribution >= 4 is 28.5 Å². The minimum atomic E-state index is -0.601. The van der Waals surface area contributed by atoms with E-state index in [0.717, 1.165) is 30.3 Å². The molecule has 0 saturated heterocycles. The average Bonchev–Trinajstić information content (AvgIpc) is 3.24. The van der Waals surface area contributed by atoms with Crippen molar-refractivity contribution in [3.05, 3.63) is 61.9 Å². The van der Waals surface area contributed by atoms with Crippen LogP contribution in [0.4, 0.5) is 0 Å². The number of aryl methyl sites for hydroxylation is 1. The third kappa shape index (κ3) is 3.08. The van der Waals surface area contributed by atoms with E-state index in [2.05, 4.69) is 10.3 Å². The van der Waals surface area contributed by atoms with Crippen LogP contribution in [-0.2, 0) is 7.05 Å². The molecule has 0 unspecified atom stereocenters. The van der Waals surface area contributed by atoms with E-state index in [0.29, 0.717) is 16.3 Å². The second-order valence-corrected chi connectivity index (χ2v) is 7.32. The summed E-state index contributed by atoms with van der Waals surface area (Å²) in [5.74, 6) is -0.271. The van der Waals surface area contributed by atoms with Gasteiger partial charge in [0, 0.05) is 24.3 Å². The van der Waals surface area contributed by atoms with Gasteiger partial charge in [0.1, 0.15) is 5.52 Å². The number of aromatic amines is 1. The van der Waals surface area contributed by atoms with Crippen molar-refractivity contribution in [3.63, 3.8) is 0 Å². The van der Waals surface area contributed by atoms with E-state index in [1.807, 2.05) is 0 Å². The Kier molecular flexibility index (Phi) is 4.39. The Bertz CT molecular complexity index is 1130. The molecule has 140 valence electrons. The molecule has 0 bridgehead atoms. The molecule has 8 heteroatoms. The van der Waals surface area contributed by atoms with Gasteiger partial charge < -0.3 is 14.9 Å². The van der Waals surface area contributed by atoms with Crippen LogP contribution < -0.4 is 16.6 Å². The van der Waals surface area contributed by atoms with Gasteiger partial charge in [-0.05, 0) is 37.1 Å². The molecule has 27 heavy (non-hydrogen) atoms. The summed E-state index contributed by atoms with van der Waals surface area (Å²) in [5, 5.41) is 3.50. The Labute approximate surface area is 159 Å². The van der Waals surface area contributed by atoms with Crippen molar-refractivity contribution in [1.82, 2.24) is 19.4 Å². The normalized spacial score (nSPS) is 14.7. The van der Waals surface area contributed by atoms with Crippen LogP contribution >= 0.6 is 11.6 Å². The number of hydrogen-bond donors (Lipinski definition) is 2. The third-order valence-electron chi connectivity index (χ3n) is 5.04. The molecule has 3 aromatic rings. The summed E-state index contributed by atoms with van der Waals surface area (Å²) in [7, 11) is 1.68. The summed E-state index contributed by atoms with van der Waals surface area (Å²) in [4.78, 5) is 41.0. The summed E-state index contributed by atoms with van der Waals surface area (Å²) >= 11 is 5.89. The van der Waals surface area contributed by atoms with Gasteiger partial charge in [-0.3, -0.25) is 9.59 Å². The van der Waals surface area contributed by atoms with Crippen molar-refractivity contribution in [2.24, 2.45) is 7.05 Å². The fourth-order valence-corrected chi connectivity index (χ4v) is 3.83. The average molecular weight is 387 g/mol. The lowest BCUT2D eigenvalue weighted by atomic mass is 10.2. The predicted molar refractivity (Wildman–Crippen MR) is 104 cm³/mol. The molecule has 1 aromatic carbocycles. The number of carbonyl (C=O) groups is 1. The van der Waals surface area contributed by atoms with Crippen molar-refractivity contribution in [1.29, 1.82) is 0 Å². The minimum absolute atomic E-state index is 0.147. The first-order chi connectivity index (χ1) is 13.0. The van der Waals surface area contributed by atoms with Crippen molar-refractivity contribution in [2.75, 3.05) is 0 Å². The first-order valence-corrected chi connectivity index (χ1v) is 9.24. The van der Waals surface area contributed by atoms with E-state index in [9.17, 15) is 14.4 Å². The molecule has 2 aromatic heterocycles. The highest BCUT2D eigenvalue weighted by Crippen LogP contribution is 2.20. The van der Waals surface area contributed by atoms with Crippen LogP contribution in [0.1, 0.15) is 36.0 Å². The van der Waals surface area contributed by atoms with Crippen LogP contribution in [0, 0.1) is 0 Å². The Morgan fingerprint density at radius 2 is 1.85 bits per heavy atom. The first-order valence-electron chi connectivity index (χ1n) is 8.87. The van der Waals surface area contributed by atoms with E-state index < -0.39 is 11.2 Å². The fourth-order valence-electron chi connectivity index (χ4n) is 3.70. The number of aromatic nitrogens is 3. The number of benzene rings is 1. The van der Waals surface area contributed by atoms with E-state index in [1.165, 1.54) is 0 Å². The quantitative estimate of drug-likeness (QED) is 0.724. The molecular weight excluding hydrogens is 368 g/mol. The molecule has 0 spiro atoms. The van der Waals surface area contributed by atoms with Crippen molar-refractivity contribution in [3.8, 4) is 5.69 Å². The summed E-state index contributed by atoms with van der Waals surface area (Å²) in [6.45, 7) is 0. The smallest absolute Gasteiger partial charge is 0.333 e. The minimum Gasteiger partial charge on any atom is -0.349 e. The largest absolute Gasteiger partial charge is 0.349 e. The molecule has 0 aliphatic heterocycles. The van der Waals surface area contributed by atoms with Gasteiger partial charge in [0.2, 0.25) is 0 Å². The van der Waals surface area contributed by atoms with Gasteiger partial charge in [0.25, 0.3) is 11.5 Å². The summed E-state index contributed by atoms with van der Waals surface area (Å²) in [6, 6.07) is 6.56. The molecular formula is C19H19ClN4O3. The Morgan fingerprint density at radius 3 is 2.52 bits per heavy atom. The zero-order valence-corrected chi connectivity index (χ0v) is 15.5. The van der Waals surface area contributed by atoms with E-state index >= 15 is 0 Å². The van der Waals surface area contributed by atoms with Gasteiger partial charge in [-0.2, -0.15) is 0 Å². The number of nitrogens with zero attached hydrogens (tertiary/aromatic N) is 2. The van der Waals surface area contributed by atoms with Gasteiger partial charge in [-0.1, -0.05) is 24.4 Å². The van der Waals surface area contributed by atoms with Gasteiger partial charge in [0.05, 0.1) is 16.8 Å². The number of carbonyl (C=O) groups excluding carboxylic acids is 1. The number of nitrogens with one attached hydrogen (secondary N) is 2. The highest BCUT2D eigenvalue weighted by molar-refractivity contribution is 6.30. The third-order valence-corrected chi connectivity index (χ3v) is 5.29. The maximum Gasteiger partial charge on any atom is 0.333 e. The summed E-state index contributed by atoms with van der Waals surface area (Å²) in [6.07, 6.45) is 5.69. The Hall–Kier alpha value is -2.80. The molecule has 2 N–H and O–H groups in total. The second kappa shape index (κ2) is 6.74. The van der Waals surface area contributed by atoms with Gasteiger partial charge in [-0.25, -0.2) is 9.36 Å². The van der Waals surface area contributed by atoms with Crippen LogP contribution in [0.25, 0.3) is 16.7 Å². The second-order valence-electron chi connectivity index (χ2n) is 6.88. The predicted octanol–water partition coefficient (Wildman–Crippen LogP) is 2.34. The number of hydrogen-bond acceptors (Lipinski definition) is 3. The van der Waals surface area contributed by atoms with Gasteiger partial charge in [0.15, 0.2) is 0 Å². The fraction of sp³-hybridized carbons (Fsp3) is 0.316. The van der Waals surface area contributed by atoms with Crippen LogP contribution in [0.15, 0.2) is 40.1 Å². The lowest BCUT2D eigenvalue weighted by Gasteiger charge is -2.11. The number of halogens is 1. The lowest BCUT2D eigenvalue weighted by molar-refractivity contribution is 0.0939. The molecule has 1 saturated carbocycles. The van der Waals surface area contributed by atoms with Gasteiger partial charge >= 0.3 is 5.69 Å². The molecule has 1 aliphatic rings. The Balaban J connectivity index is 1.84. The zero-order valence-electron chi connectivity index (χ0n) is 14.8. The molecule has 1 aliphatic carbocycles. The maximum absolute atomic E-state index is 13.0. The first kappa shape index (κ1) is 17.6. The van der Waals surface area contributed by atoms with Crippen LogP contribution in [0.3, 0.4) is 0 Å². The zero-order chi connectivity index (χ0) is 19.1. The van der Waals surface area contributed by atoms with Crippen molar-refractivity contribution in [2.45, 2.75) is 31.7 Å². The van der Waals surface area contributed by atoms with Crippen molar-refractivity contribution < 1.29 is 4.79 Å². The molecule has 0 atom stereocenters. The van der Waals surface area contributed by atoms with Gasteiger partial charge in [-0.15, -0.1) is 0 Å². The van der Waals surface area contributed by atoms with E-state index in [4.69, 9.17) is 11.6 Å². The maximum atomic E-state index is 13.0. The van der Waals surface area contributed by atoms with Crippen LogP contribution in [0.2, 0.25) is 5.02 Å². The number of rotatable bonds is 3. The van der Waals surface area contributed by atoms with E-state index in [1.54, 1.807) is 42.1 Å². The topological polar surface area (TPSA) is 88.9 Å². The Morgan fingerprint density at radius 1 is 1.19 bits per heavy atom. The molecule has 2 heterocycles. The molecule has 0 radical (unpaired) electrons. The summed E-state index contributed by atoms with van der Waals surface area (Å²) < 4.78 is 2.61. The SMILES string of the molecule is Cn1cc(C(=O)NC2CCCC2)c2[nH]c(=O)n(-c3ccc(Cl)cc3)c(=O)c21. The monoisotopic (exact) mass is 386 g/mol. The standard InChI is InChI=1S/C19H19ClN4O3/c1-23-10-14(17(25)21-12-4-2-3-5-12)15-16(23)18(26)24(19(27)22-15)13-8-6-11(20)7-9-13/h6-10,12H,2-5H2,1H3,(H,21,25)(H,22,27). The molecule has 1 fully saturated rings. The molecule has 1 amide bonds. The number of amides is 1. The molecule has 4 rings (SSSR count). The highest BCUT2D eigenvalue weighted by Gasteiger charge is 2.23. The lowest BCUT2D eigenvalue weighted by Crippen LogP contribution is -2.35. The number of fused-ring (bicyclic) bond motifs is 1. The number of H-pyrrole nitrogens is 1. The summed E-state index contributed by atoms with van der Waals surface area (Å²) in [5.41, 5.74) is 0.145. The van der Waals surface area contributed by atoms with E-state index in [-0.39, 0.29) is 23.0 Å².